The standard InChI is InChI=1S/C14H19N5O/c1-11-17-14(18-20-11)10-16-12-4-8-19(9-5-12)13-2-6-15-7-3-13/h2-3,6-7,12,16H,4-5,8-10H2,1H3. The van der Waals surface area contributed by atoms with Crippen LogP contribution in [0, 0.1) is 6.92 Å². The van der Waals surface area contributed by atoms with Crippen LogP contribution < -0.4 is 10.2 Å². The molecular weight excluding hydrogens is 254 g/mol. The third-order valence-corrected chi connectivity index (χ3v) is 3.64. The number of aryl methyl sites for hydroxylation is 1. The highest BCUT2D eigenvalue weighted by molar-refractivity contribution is 5.44. The minimum atomic E-state index is 0.520. The molecule has 0 bridgehead atoms. The van der Waals surface area contributed by atoms with E-state index in [1.165, 1.54) is 5.69 Å². The van der Waals surface area contributed by atoms with Gasteiger partial charge in [-0.15, -0.1) is 0 Å². The molecule has 0 atom stereocenters. The van der Waals surface area contributed by atoms with E-state index in [4.69, 9.17) is 4.52 Å². The summed E-state index contributed by atoms with van der Waals surface area (Å²) in [5.74, 6) is 1.35. The Kier molecular flexibility index (Phi) is 3.92. The Morgan fingerprint density at radius 3 is 2.70 bits per heavy atom. The van der Waals surface area contributed by atoms with Crippen LogP contribution >= 0.6 is 0 Å². The third-order valence-electron chi connectivity index (χ3n) is 3.64. The number of nitrogens with one attached hydrogen (secondary N) is 1. The average molecular weight is 273 g/mol. The van der Waals surface area contributed by atoms with Gasteiger partial charge in [0.2, 0.25) is 5.89 Å². The molecule has 0 aliphatic carbocycles. The van der Waals surface area contributed by atoms with Gasteiger partial charge in [0.1, 0.15) is 0 Å². The zero-order chi connectivity index (χ0) is 13.8. The molecule has 1 fully saturated rings. The molecule has 1 saturated heterocycles. The topological polar surface area (TPSA) is 67.1 Å². The van der Waals surface area contributed by atoms with Crippen LogP contribution in [0.4, 0.5) is 5.69 Å². The number of pyridine rings is 1. The number of aromatic nitrogens is 3. The lowest BCUT2D eigenvalue weighted by molar-refractivity contribution is 0.375. The Hall–Kier alpha value is -1.95. The van der Waals surface area contributed by atoms with Crippen LogP contribution in [0.2, 0.25) is 0 Å². The summed E-state index contributed by atoms with van der Waals surface area (Å²) in [5.41, 5.74) is 1.26. The van der Waals surface area contributed by atoms with E-state index >= 15 is 0 Å². The summed E-state index contributed by atoms with van der Waals surface area (Å²) in [5, 5.41) is 7.40. The van der Waals surface area contributed by atoms with Crippen LogP contribution in [0.5, 0.6) is 0 Å². The van der Waals surface area contributed by atoms with E-state index in [9.17, 15) is 0 Å². The normalized spacial score (nSPS) is 16.6. The molecular formula is C14H19N5O. The van der Waals surface area contributed by atoms with Crippen molar-refractivity contribution in [1.29, 1.82) is 0 Å². The molecule has 20 heavy (non-hydrogen) atoms. The van der Waals surface area contributed by atoms with E-state index in [1.807, 2.05) is 19.3 Å². The van der Waals surface area contributed by atoms with Gasteiger partial charge in [-0.1, -0.05) is 5.16 Å². The van der Waals surface area contributed by atoms with Crippen LogP contribution in [0.15, 0.2) is 29.0 Å². The van der Waals surface area contributed by atoms with Gasteiger partial charge >= 0.3 is 0 Å². The highest BCUT2D eigenvalue weighted by Gasteiger charge is 2.19. The monoisotopic (exact) mass is 273 g/mol. The Morgan fingerprint density at radius 1 is 1.30 bits per heavy atom. The van der Waals surface area contributed by atoms with Gasteiger partial charge < -0.3 is 14.7 Å². The molecule has 0 saturated carbocycles. The van der Waals surface area contributed by atoms with Gasteiger partial charge in [0, 0.05) is 44.1 Å². The van der Waals surface area contributed by atoms with Crippen molar-refractivity contribution in [3.63, 3.8) is 0 Å². The maximum Gasteiger partial charge on any atom is 0.223 e. The fourth-order valence-electron chi connectivity index (χ4n) is 2.55. The molecule has 0 spiro atoms. The van der Waals surface area contributed by atoms with Crippen molar-refractivity contribution in [3.8, 4) is 0 Å². The second kappa shape index (κ2) is 6.00. The lowest BCUT2D eigenvalue weighted by Crippen LogP contribution is -2.42. The molecule has 1 N–H and O–H groups in total. The zero-order valence-corrected chi connectivity index (χ0v) is 11.6. The summed E-state index contributed by atoms with van der Waals surface area (Å²) in [6, 6.07) is 4.65. The molecule has 0 unspecified atom stereocenters. The van der Waals surface area contributed by atoms with Gasteiger partial charge in [-0.05, 0) is 25.0 Å². The van der Waals surface area contributed by atoms with E-state index in [0.717, 1.165) is 31.8 Å². The molecule has 3 heterocycles. The maximum absolute atomic E-state index is 4.96. The number of piperidine rings is 1. The zero-order valence-electron chi connectivity index (χ0n) is 11.6. The lowest BCUT2D eigenvalue weighted by atomic mass is 10.0. The molecule has 2 aromatic rings. The first-order valence-corrected chi connectivity index (χ1v) is 6.99. The van der Waals surface area contributed by atoms with Crippen molar-refractivity contribution in [1.82, 2.24) is 20.4 Å². The Morgan fingerprint density at radius 2 is 2.05 bits per heavy atom. The summed E-state index contributed by atoms with van der Waals surface area (Å²) >= 11 is 0. The number of anilines is 1. The summed E-state index contributed by atoms with van der Waals surface area (Å²) in [7, 11) is 0. The smallest absolute Gasteiger partial charge is 0.223 e. The van der Waals surface area contributed by atoms with Gasteiger partial charge in [0.05, 0.1) is 6.54 Å². The molecule has 6 heteroatoms. The first kappa shape index (κ1) is 13.1. The number of hydrogen-bond acceptors (Lipinski definition) is 6. The molecule has 3 rings (SSSR count). The molecule has 2 aromatic heterocycles. The predicted molar refractivity (Wildman–Crippen MR) is 75.3 cm³/mol. The average Bonchev–Trinajstić information content (AvgIpc) is 2.92. The third kappa shape index (κ3) is 3.14. The highest BCUT2D eigenvalue weighted by atomic mass is 16.5. The van der Waals surface area contributed by atoms with Gasteiger partial charge in [0.25, 0.3) is 0 Å². The summed E-state index contributed by atoms with van der Waals surface area (Å²) < 4.78 is 4.96. The van der Waals surface area contributed by atoms with E-state index in [1.54, 1.807) is 0 Å². The van der Waals surface area contributed by atoms with Crippen molar-refractivity contribution in [2.24, 2.45) is 0 Å². The van der Waals surface area contributed by atoms with Crippen molar-refractivity contribution >= 4 is 5.69 Å². The van der Waals surface area contributed by atoms with Crippen LogP contribution in [-0.2, 0) is 6.54 Å². The van der Waals surface area contributed by atoms with Crippen LogP contribution in [0.3, 0.4) is 0 Å². The van der Waals surface area contributed by atoms with Gasteiger partial charge in [-0.3, -0.25) is 4.98 Å². The molecule has 0 aromatic carbocycles. The summed E-state index contributed by atoms with van der Waals surface area (Å²) in [4.78, 5) is 10.7. The molecule has 0 radical (unpaired) electrons. The first-order chi connectivity index (χ1) is 9.81. The van der Waals surface area contributed by atoms with Gasteiger partial charge in [0.15, 0.2) is 5.82 Å². The fraction of sp³-hybridized carbons (Fsp3) is 0.500. The second-order valence-corrected chi connectivity index (χ2v) is 5.08. The molecule has 0 amide bonds. The van der Waals surface area contributed by atoms with E-state index in [2.05, 4.69) is 37.5 Å². The number of nitrogens with zero attached hydrogens (tertiary/aromatic N) is 4. The first-order valence-electron chi connectivity index (χ1n) is 6.99. The minimum absolute atomic E-state index is 0.520. The van der Waals surface area contributed by atoms with Crippen molar-refractivity contribution in [2.45, 2.75) is 32.4 Å². The quantitative estimate of drug-likeness (QED) is 0.911. The van der Waals surface area contributed by atoms with Crippen molar-refractivity contribution < 1.29 is 4.52 Å². The van der Waals surface area contributed by atoms with Crippen molar-refractivity contribution in [2.75, 3.05) is 18.0 Å². The second-order valence-electron chi connectivity index (χ2n) is 5.08. The van der Waals surface area contributed by atoms with Crippen molar-refractivity contribution in [3.05, 3.63) is 36.2 Å². The van der Waals surface area contributed by atoms with Gasteiger partial charge in [-0.25, -0.2) is 0 Å². The Balaban J connectivity index is 1.47. The molecule has 1 aliphatic heterocycles. The largest absolute Gasteiger partial charge is 0.371 e. The lowest BCUT2D eigenvalue weighted by Gasteiger charge is -2.33. The minimum Gasteiger partial charge on any atom is -0.371 e. The molecule has 6 nitrogen and oxygen atoms in total. The van der Waals surface area contributed by atoms with E-state index in [-0.39, 0.29) is 0 Å². The maximum atomic E-state index is 4.96. The molecule has 106 valence electrons. The number of rotatable bonds is 4. The van der Waals surface area contributed by atoms with Crippen LogP contribution in [0.1, 0.15) is 24.6 Å². The van der Waals surface area contributed by atoms with Crippen LogP contribution in [-0.4, -0.2) is 34.3 Å². The summed E-state index contributed by atoms with van der Waals surface area (Å²) in [6.45, 7) is 4.61. The predicted octanol–water partition coefficient (Wildman–Crippen LogP) is 1.53. The van der Waals surface area contributed by atoms with E-state index < -0.39 is 0 Å². The fourth-order valence-corrected chi connectivity index (χ4v) is 2.55. The number of hydrogen-bond donors (Lipinski definition) is 1. The van der Waals surface area contributed by atoms with Gasteiger partial charge in [-0.2, -0.15) is 4.98 Å². The SMILES string of the molecule is Cc1nc(CNC2CCN(c3ccncc3)CC2)no1. The van der Waals surface area contributed by atoms with Crippen LogP contribution in [0.25, 0.3) is 0 Å². The summed E-state index contributed by atoms with van der Waals surface area (Å²) in [6.07, 6.45) is 5.94. The Bertz CT molecular complexity index is 534. The van der Waals surface area contributed by atoms with E-state index in [0.29, 0.717) is 18.5 Å². The Labute approximate surface area is 118 Å². The highest BCUT2D eigenvalue weighted by Crippen LogP contribution is 2.18. The molecule has 1 aliphatic rings.